The fourth-order valence-electron chi connectivity index (χ4n) is 1.90. The normalized spacial score (nSPS) is 23.3. The zero-order chi connectivity index (χ0) is 12.3. The van der Waals surface area contributed by atoms with Crippen molar-refractivity contribution in [1.29, 1.82) is 0 Å². The Kier molecular flexibility index (Phi) is 4.31. The Bertz CT molecular complexity index is 370. The summed E-state index contributed by atoms with van der Waals surface area (Å²) >= 11 is 1.91. The van der Waals surface area contributed by atoms with Crippen molar-refractivity contribution in [2.75, 3.05) is 33.0 Å². The van der Waals surface area contributed by atoms with Gasteiger partial charge in [0, 0.05) is 23.9 Å². The molecule has 0 saturated carbocycles. The zero-order valence-electron chi connectivity index (χ0n) is 10.4. The lowest BCUT2D eigenvalue weighted by atomic mass is 10.0. The van der Waals surface area contributed by atoms with Crippen LogP contribution in [0.2, 0.25) is 0 Å². The Morgan fingerprint density at radius 2 is 2.18 bits per heavy atom. The van der Waals surface area contributed by atoms with Crippen LogP contribution in [0, 0.1) is 0 Å². The summed E-state index contributed by atoms with van der Waals surface area (Å²) in [7, 11) is 4.18. The number of para-hydroxylation sites is 1. The summed E-state index contributed by atoms with van der Waals surface area (Å²) in [4.78, 5) is 2.19. The fraction of sp³-hybridized carbons (Fsp3) is 0.538. The van der Waals surface area contributed by atoms with Gasteiger partial charge in [-0.1, -0.05) is 18.2 Å². The van der Waals surface area contributed by atoms with E-state index in [1.54, 1.807) is 0 Å². The predicted octanol–water partition coefficient (Wildman–Crippen LogP) is 1.74. The van der Waals surface area contributed by atoms with E-state index in [0.717, 1.165) is 30.2 Å². The third-order valence-electron chi connectivity index (χ3n) is 2.95. The molecule has 94 valence electrons. The first-order valence-electron chi connectivity index (χ1n) is 5.92. The molecule has 1 aliphatic heterocycles. The molecule has 4 heteroatoms. The maximum atomic E-state index is 6.29. The lowest BCUT2D eigenvalue weighted by molar-refractivity contribution is 0.276. The molecule has 0 amide bonds. The van der Waals surface area contributed by atoms with Crippen molar-refractivity contribution in [1.82, 2.24) is 4.90 Å². The summed E-state index contributed by atoms with van der Waals surface area (Å²) in [6.45, 7) is 1.80. The molecule has 0 aromatic heterocycles. The highest BCUT2D eigenvalue weighted by Gasteiger charge is 2.27. The molecule has 3 nitrogen and oxygen atoms in total. The maximum absolute atomic E-state index is 6.29. The molecular weight excluding hydrogens is 232 g/mol. The van der Waals surface area contributed by atoms with Crippen LogP contribution in [0.1, 0.15) is 11.6 Å². The molecule has 0 bridgehead atoms. The molecule has 17 heavy (non-hydrogen) atoms. The smallest absolute Gasteiger partial charge is 0.124 e. The number of nitrogens with zero attached hydrogens (tertiary/aromatic N) is 1. The highest BCUT2D eigenvalue weighted by Crippen LogP contribution is 2.35. The first kappa shape index (κ1) is 12.7. The summed E-state index contributed by atoms with van der Waals surface area (Å²) in [6.07, 6.45) is 0. The van der Waals surface area contributed by atoms with E-state index < -0.39 is 0 Å². The molecule has 1 aromatic carbocycles. The Hall–Kier alpha value is -0.710. The topological polar surface area (TPSA) is 38.5 Å². The van der Waals surface area contributed by atoms with Crippen molar-refractivity contribution in [3.63, 3.8) is 0 Å². The van der Waals surface area contributed by atoms with Crippen LogP contribution in [0.15, 0.2) is 24.3 Å². The third-order valence-corrected chi connectivity index (χ3v) is 4.23. The van der Waals surface area contributed by atoms with Gasteiger partial charge in [-0.15, -0.1) is 0 Å². The molecule has 1 aliphatic rings. The molecule has 0 radical (unpaired) electrons. The molecule has 0 saturated heterocycles. The quantitative estimate of drug-likeness (QED) is 0.886. The van der Waals surface area contributed by atoms with Gasteiger partial charge in [0.2, 0.25) is 0 Å². The molecule has 2 unspecified atom stereocenters. The number of fused-ring (bicyclic) bond motifs is 1. The van der Waals surface area contributed by atoms with Gasteiger partial charge in [-0.05, 0) is 20.2 Å². The number of ether oxygens (including phenoxy) is 1. The second-order valence-corrected chi connectivity index (χ2v) is 5.93. The molecule has 0 fully saturated rings. The van der Waals surface area contributed by atoms with Gasteiger partial charge in [-0.25, -0.2) is 0 Å². The number of hydrogen-bond donors (Lipinski definition) is 1. The van der Waals surface area contributed by atoms with Gasteiger partial charge in [-0.3, -0.25) is 0 Å². The Labute approximate surface area is 107 Å². The van der Waals surface area contributed by atoms with Crippen LogP contribution >= 0.6 is 11.8 Å². The summed E-state index contributed by atoms with van der Waals surface area (Å²) < 4.78 is 5.75. The van der Waals surface area contributed by atoms with E-state index in [9.17, 15) is 0 Å². The first-order chi connectivity index (χ1) is 8.18. The third kappa shape index (κ3) is 3.15. The van der Waals surface area contributed by atoms with Crippen molar-refractivity contribution < 1.29 is 4.74 Å². The van der Waals surface area contributed by atoms with Crippen LogP contribution in [-0.4, -0.2) is 43.1 Å². The fourth-order valence-corrected chi connectivity index (χ4v) is 3.19. The Morgan fingerprint density at radius 1 is 1.41 bits per heavy atom. The number of rotatable bonds is 4. The van der Waals surface area contributed by atoms with E-state index >= 15 is 0 Å². The van der Waals surface area contributed by atoms with E-state index in [1.165, 1.54) is 0 Å². The number of nitrogens with two attached hydrogens (primary N) is 1. The van der Waals surface area contributed by atoms with Crippen LogP contribution in [0.25, 0.3) is 0 Å². The Balaban J connectivity index is 1.95. The van der Waals surface area contributed by atoms with E-state index in [4.69, 9.17) is 10.5 Å². The zero-order valence-corrected chi connectivity index (χ0v) is 11.2. The average molecular weight is 252 g/mol. The average Bonchev–Trinajstić information content (AvgIpc) is 2.32. The second-order valence-electron chi connectivity index (χ2n) is 4.59. The van der Waals surface area contributed by atoms with Crippen molar-refractivity contribution in [2.24, 2.45) is 5.73 Å². The van der Waals surface area contributed by atoms with Gasteiger partial charge in [-0.2, -0.15) is 11.8 Å². The lowest BCUT2D eigenvalue weighted by Crippen LogP contribution is -2.34. The molecule has 1 aromatic rings. The maximum Gasteiger partial charge on any atom is 0.124 e. The van der Waals surface area contributed by atoms with Crippen molar-refractivity contribution in [3.05, 3.63) is 29.8 Å². The minimum absolute atomic E-state index is 0.0899. The summed E-state index contributed by atoms with van der Waals surface area (Å²) in [6, 6.07) is 8.17. The van der Waals surface area contributed by atoms with Gasteiger partial charge >= 0.3 is 0 Å². The monoisotopic (exact) mass is 252 g/mol. The molecule has 0 spiro atoms. The first-order valence-corrected chi connectivity index (χ1v) is 6.97. The van der Waals surface area contributed by atoms with Gasteiger partial charge in [0.15, 0.2) is 0 Å². The standard InChI is InChI=1S/C13H20N2OS/c1-15(2)7-8-17-12-9-16-11-6-4-3-5-10(11)13(12)14/h3-6,12-13H,7-9,14H2,1-2H3. The van der Waals surface area contributed by atoms with Crippen LogP contribution in [-0.2, 0) is 0 Å². The van der Waals surface area contributed by atoms with Crippen molar-refractivity contribution >= 4 is 11.8 Å². The molecular formula is C13H20N2OS. The summed E-state index contributed by atoms with van der Waals surface area (Å²) in [5.41, 5.74) is 7.43. The van der Waals surface area contributed by atoms with E-state index in [0.29, 0.717) is 5.25 Å². The lowest BCUT2D eigenvalue weighted by Gasteiger charge is -2.31. The molecule has 2 atom stereocenters. The van der Waals surface area contributed by atoms with Crippen LogP contribution < -0.4 is 10.5 Å². The van der Waals surface area contributed by atoms with E-state index in [2.05, 4.69) is 25.1 Å². The highest BCUT2D eigenvalue weighted by atomic mass is 32.2. The summed E-state index contributed by atoms with van der Waals surface area (Å²) in [5.74, 6) is 2.04. The molecule has 1 heterocycles. The number of hydrogen-bond acceptors (Lipinski definition) is 4. The van der Waals surface area contributed by atoms with Crippen LogP contribution in [0.4, 0.5) is 0 Å². The van der Waals surface area contributed by atoms with Gasteiger partial charge < -0.3 is 15.4 Å². The SMILES string of the molecule is CN(C)CCSC1COc2ccccc2C1N. The van der Waals surface area contributed by atoms with Crippen molar-refractivity contribution in [2.45, 2.75) is 11.3 Å². The molecule has 0 aliphatic carbocycles. The van der Waals surface area contributed by atoms with E-state index in [-0.39, 0.29) is 6.04 Å². The number of benzene rings is 1. The van der Waals surface area contributed by atoms with E-state index in [1.807, 2.05) is 30.0 Å². The second kappa shape index (κ2) is 5.76. The predicted molar refractivity (Wildman–Crippen MR) is 73.7 cm³/mol. The van der Waals surface area contributed by atoms with Crippen molar-refractivity contribution in [3.8, 4) is 5.75 Å². The summed E-state index contributed by atoms with van der Waals surface area (Å²) in [5, 5.41) is 0.366. The molecule has 2 N–H and O–H groups in total. The number of thioether (sulfide) groups is 1. The Morgan fingerprint density at radius 3 is 2.94 bits per heavy atom. The minimum Gasteiger partial charge on any atom is -0.492 e. The highest BCUT2D eigenvalue weighted by molar-refractivity contribution is 8.00. The minimum atomic E-state index is 0.0899. The molecule has 2 rings (SSSR count). The van der Waals surface area contributed by atoms with Gasteiger partial charge in [0.1, 0.15) is 12.4 Å². The van der Waals surface area contributed by atoms with Gasteiger partial charge in [0.25, 0.3) is 0 Å². The largest absolute Gasteiger partial charge is 0.492 e. The van der Waals surface area contributed by atoms with Gasteiger partial charge in [0.05, 0.1) is 5.25 Å². The van der Waals surface area contributed by atoms with Crippen LogP contribution in [0.5, 0.6) is 5.75 Å². The van der Waals surface area contributed by atoms with Crippen LogP contribution in [0.3, 0.4) is 0 Å².